The molecule has 66 valence electrons. The predicted molar refractivity (Wildman–Crippen MR) is 35.9 cm³/mol. The quantitative estimate of drug-likeness (QED) is 0.481. The molecule has 0 aromatic carbocycles. The van der Waals surface area contributed by atoms with E-state index in [-0.39, 0.29) is 24.7 Å². The molecule has 0 saturated heterocycles. The molecular weight excluding hydrogens is 182 g/mol. The Kier molecular flexibility index (Phi) is 4.07. The zero-order chi connectivity index (χ0) is 8.27. The molecule has 0 spiro atoms. The molecule has 0 unspecified atom stereocenters. The van der Waals surface area contributed by atoms with Crippen LogP contribution in [0.4, 0.5) is 0 Å². The highest BCUT2D eigenvalue weighted by molar-refractivity contribution is 5.64. The van der Waals surface area contributed by atoms with E-state index in [4.69, 9.17) is 10.2 Å². The molecule has 0 fully saturated rings. The Morgan fingerprint density at radius 2 is 2.25 bits per heavy atom. The van der Waals surface area contributed by atoms with Gasteiger partial charge in [0.05, 0.1) is 0 Å². The van der Waals surface area contributed by atoms with Crippen molar-refractivity contribution >= 4 is 5.97 Å². The number of hydrogen-bond donors (Lipinski definition) is 2. The first kappa shape index (κ1) is 10.7. The van der Waals surface area contributed by atoms with Crippen molar-refractivity contribution in [3.8, 4) is 5.75 Å². The average molecular weight is 190 g/mol. The summed E-state index contributed by atoms with van der Waals surface area (Å²) in [5.41, 5.74) is 0. The molecule has 5 heteroatoms. The van der Waals surface area contributed by atoms with Gasteiger partial charge in [-0.05, 0) is 6.07 Å². The molecule has 1 aromatic heterocycles. The molecule has 1 heterocycles. The van der Waals surface area contributed by atoms with Crippen molar-refractivity contribution < 1.29 is 32.0 Å². The van der Waals surface area contributed by atoms with Crippen LogP contribution < -0.4 is 17.0 Å². The fourth-order valence-corrected chi connectivity index (χ4v) is 0.763. The standard InChI is InChI=1S/C7H7NO3.ClH/c9-6-2-1-3-8(4-6)5-7(10)11;/h1-4H,5H2,(H-,9,10,11);1H. The van der Waals surface area contributed by atoms with E-state index in [0.717, 1.165) is 0 Å². The summed E-state index contributed by atoms with van der Waals surface area (Å²) in [6.07, 6.45) is 2.93. The van der Waals surface area contributed by atoms with Crippen molar-refractivity contribution in [1.82, 2.24) is 0 Å². The van der Waals surface area contributed by atoms with Crippen molar-refractivity contribution in [2.75, 3.05) is 0 Å². The molecule has 0 atom stereocenters. The second-order valence-electron chi connectivity index (χ2n) is 2.13. The van der Waals surface area contributed by atoms with E-state index in [0.29, 0.717) is 0 Å². The van der Waals surface area contributed by atoms with Crippen LogP contribution in [-0.2, 0) is 11.3 Å². The van der Waals surface area contributed by atoms with E-state index in [1.54, 1.807) is 12.3 Å². The van der Waals surface area contributed by atoms with Gasteiger partial charge in [0.25, 0.3) is 0 Å². The van der Waals surface area contributed by atoms with Gasteiger partial charge in [0.1, 0.15) is 0 Å². The first-order valence-electron chi connectivity index (χ1n) is 3.08. The highest BCUT2D eigenvalue weighted by Crippen LogP contribution is 1.99. The van der Waals surface area contributed by atoms with Crippen molar-refractivity contribution in [1.29, 1.82) is 0 Å². The number of rotatable bonds is 2. The molecule has 12 heavy (non-hydrogen) atoms. The molecule has 1 rings (SSSR count). The van der Waals surface area contributed by atoms with E-state index < -0.39 is 5.97 Å². The van der Waals surface area contributed by atoms with Crippen LogP contribution in [0.3, 0.4) is 0 Å². The Morgan fingerprint density at radius 1 is 1.58 bits per heavy atom. The van der Waals surface area contributed by atoms with Gasteiger partial charge >= 0.3 is 5.97 Å². The molecule has 1 aromatic rings. The number of pyridine rings is 1. The SMILES string of the molecule is O=C(O)C[n+]1cccc(O)c1.[Cl-]. The summed E-state index contributed by atoms with van der Waals surface area (Å²) < 4.78 is 1.39. The lowest BCUT2D eigenvalue weighted by molar-refractivity contribution is -0.686. The number of aliphatic carboxylic acids is 1. The third kappa shape index (κ3) is 3.21. The molecule has 0 aliphatic rings. The molecule has 0 aliphatic carbocycles. The van der Waals surface area contributed by atoms with Crippen molar-refractivity contribution in [3.63, 3.8) is 0 Å². The van der Waals surface area contributed by atoms with Gasteiger partial charge < -0.3 is 22.6 Å². The maximum atomic E-state index is 10.2. The Bertz CT molecular complexity index is 277. The normalized spacial score (nSPS) is 8.67. The molecule has 2 N–H and O–H groups in total. The van der Waals surface area contributed by atoms with Crippen LogP contribution in [-0.4, -0.2) is 16.2 Å². The molecule has 4 nitrogen and oxygen atoms in total. The van der Waals surface area contributed by atoms with Gasteiger partial charge in [-0.3, -0.25) is 0 Å². The second kappa shape index (κ2) is 4.56. The van der Waals surface area contributed by atoms with E-state index in [2.05, 4.69) is 0 Å². The van der Waals surface area contributed by atoms with Crippen LogP contribution in [0.2, 0.25) is 0 Å². The van der Waals surface area contributed by atoms with E-state index in [1.807, 2.05) is 0 Å². The van der Waals surface area contributed by atoms with Crippen LogP contribution in [0.25, 0.3) is 0 Å². The van der Waals surface area contributed by atoms with Crippen LogP contribution in [0, 0.1) is 0 Å². The third-order valence-electron chi connectivity index (χ3n) is 1.16. The number of carbonyl (C=O) groups is 1. The summed E-state index contributed by atoms with van der Waals surface area (Å²) in [5.74, 6) is -0.866. The van der Waals surface area contributed by atoms with Crippen LogP contribution >= 0.6 is 0 Å². The zero-order valence-corrected chi connectivity index (χ0v) is 6.90. The van der Waals surface area contributed by atoms with Crippen LogP contribution in [0.15, 0.2) is 24.5 Å². The van der Waals surface area contributed by atoms with Gasteiger partial charge in [-0.1, -0.05) is 0 Å². The summed E-state index contributed by atoms with van der Waals surface area (Å²) in [7, 11) is 0. The topological polar surface area (TPSA) is 61.4 Å². The number of carboxylic acid groups (broad SMARTS) is 1. The van der Waals surface area contributed by atoms with Gasteiger partial charge in [0.2, 0.25) is 12.7 Å². The van der Waals surface area contributed by atoms with E-state index in [1.165, 1.54) is 16.8 Å². The van der Waals surface area contributed by atoms with Crippen molar-refractivity contribution in [2.24, 2.45) is 0 Å². The molecule has 0 amide bonds. The highest BCUT2D eigenvalue weighted by atomic mass is 35.5. The molecule has 0 aliphatic heterocycles. The molecule has 0 saturated carbocycles. The van der Waals surface area contributed by atoms with Crippen LogP contribution in [0.5, 0.6) is 5.75 Å². The summed E-state index contributed by atoms with van der Waals surface area (Å²) in [6.45, 7) is -0.131. The number of aromatic hydroxyl groups is 1. The average Bonchev–Trinajstić information content (AvgIpc) is 1.85. The minimum Gasteiger partial charge on any atom is -1.00 e. The summed E-state index contributed by atoms with van der Waals surface area (Å²) in [4.78, 5) is 10.2. The predicted octanol–water partition coefficient (Wildman–Crippen LogP) is -3.23. The summed E-state index contributed by atoms with van der Waals surface area (Å²) in [6, 6.07) is 3.07. The van der Waals surface area contributed by atoms with Gasteiger partial charge in [-0.15, -0.1) is 0 Å². The summed E-state index contributed by atoms with van der Waals surface area (Å²) in [5, 5.41) is 17.3. The number of halogens is 1. The maximum absolute atomic E-state index is 10.2. The highest BCUT2D eigenvalue weighted by Gasteiger charge is 2.06. The minimum atomic E-state index is -0.930. The summed E-state index contributed by atoms with van der Waals surface area (Å²) >= 11 is 0. The largest absolute Gasteiger partial charge is 1.00 e. The number of nitrogens with zero attached hydrogens (tertiary/aromatic N) is 1. The lowest BCUT2D eigenvalue weighted by Gasteiger charge is -1.91. The Labute approximate surface area is 75.5 Å². The lowest BCUT2D eigenvalue weighted by Crippen LogP contribution is -3.00. The Morgan fingerprint density at radius 3 is 2.75 bits per heavy atom. The van der Waals surface area contributed by atoms with Gasteiger partial charge in [0.15, 0.2) is 11.9 Å². The van der Waals surface area contributed by atoms with Crippen molar-refractivity contribution in [2.45, 2.75) is 6.54 Å². The Balaban J connectivity index is 0.00000121. The lowest BCUT2D eigenvalue weighted by atomic mass is 10.4. The second-order valence-corrected chi connectivity index (χ2v) is 2.13. The number of aromatic nitrogens is 1. The maximum Gasteiger partial charge on any atom is 0.370 e. The fraction of sp³-hybridized carbons (Fsp3) is 0.143. The van der Waals surface area contributed by atoms with Gasteiger partial charge in [0, 0.05) is 6.07 Å². The first-order valence-corrected chi connectivity index (χ1v) is 3.08. The zero-order valence-electron chi connectivity index (χ0n) is 6.14. The smallest absolute Gasteiger partial charge is 0.370 e. The van der Waals surface area contributed by atoms with Gasteiger partial charge in [-0.2, -0.15) is 4.57 Å². The third-order valence-corrected chi connectivity index (χ3v) is 1.16. The molecular formula is C7H8ClNO3. The first-order chi connectivity index (χ1) is 5.18. The molecule has 0 radical (unpaired) electrons. The number of carboxylic acids is 1. The van der Waals surface area contributed by atoms with E-state index in [9.17, 15) is 4.79 Å². The molecule has 0 bridgehead atoms. The number of hydrogen-bond acceptors (Lipinski definition) is 2. The van der Waals surface area contributed by atoms with Crippen molar-refractivity contribution in [3.05, 3.63) is 24.5 Å². The van der Waals surface area contributed by atoms with Gasteiger partial charge in [-0.25, -0.2) is 4.79 Å². The monoisotopic (exact) mass is 189 g/mol. The van der Waals surface area contributed by atoms with E-state index >= 15 is 0 Å². The van der Waals surface area contributed by atoms with Crippen LogP contribution in [0.1, 0.15) is 0 Å². The Hall–Kier alpha value is -1.29. The fourth-order valence-electron chi connectivity index (χ4n) is 0.763. The minimum absolute atomic E-state index is 0.